The molecule has 0 unspecified atom stereocenters. The van der Waals surface area contributed by atoms with Crippen LogP contribution >= 0.6 is 7.82 Å². The van der Waals surface area contributed by atoms with E-state index in [0.29, 0.717) is 0 Å². The van der Waals surface area contributed by atoms with Crippen molar-refractivity contribution >= 4 is 7.82 Å². The minimum atomic E-state index is -4.89. The van der Waals surface area contributed by atoms with Crippen LogP contribution in [0.5, 0.6) is 0 Å². The molecule has 8 nitrogen and oxygen atoms in total. The zero-order valence-corrected chi connectivity index (χ0v) is 6.05. The largest absolute Gasteiger partial charge is 1.00 e. The fourth-order valence-electron chi connectivity index (χ4n) is 0. The van der Waals surface area contributed by atoms with Crippen molar-refractivity contribution in [2.24, 2.45) is 0 Å². The monoisotopic (exact) mass is 176 g/mol. The number of rotatable bonds is 0. The Balaban J connectivity index is -0.00000000800. The SMILES string of the molecule is O.O.O.O.O=P([O-])(O)O.[Li+]. The summed E-state index contributed by atoms with van der Waals surface area (Å²) >= 11 is 0. The van der Waals surface area contributed by atoms with Gasteiger partial charge in [-0.25, -0.2) is 0 Å². The first-order chi connectivity index (χ1) is 2.00. The Hall–Kier alpha value is 0.547. The van der Waals surface area contributed by atoms with Crippen molar-refractivity contribution in [3.8, 4) is 0 Å². The summed E-state index contributed by atoms with van der Waals surface area (Å²) in [5.74, 6) is 0. The Morgan fingerprint density at radius 2 is 1.00 bits per heavy atom. The molecule has 0 fully saturated rings. The second kappa shape index (κ2) is 16.3. The normalized spacial score (nSPS) is 5.90. The fraction of sp³-hybridized carbons (Fsp3) is 0. The van der Waals surface area contributed by atoms with Crippen molar-refractivity contribution in [3.63, 3.8) is 0 Å². The van der Waals surface area contributed by atoms with Crippen LogP contribution in [0.15, 0.2) is 0 Å². The Bertz CT molecular complexity index is 55.4. The Morgan fingerprint density at radius 3 is 1.00 bits per heavy atom. The maximum Gasteiger partial charge on any atom is 1.00 e. The van der Waals surface area contributed by atoms with Crippen LogP contribution < -0.4 is 23.8 Å². The van der Waals surface area contributed by atoms with E-state index in [2.05, 4.69) is 0 Å². The molecule has 0 aliphatic rings. The molecule has 0 aromatic carbocycles. The van der Waals surface area contributed by atoms with Crippen LogP contribution in [-0.2, 0) is 4.57 Å². The molecule has 0 radical (unpaired) electrons. The molecule has 10 heteroatoms. The van der Waals surface area contributed by atoms with Gasteiger partial charge in [0.25, 0.3) is 7.82 Å². The number of phosphoric acid groups is 1. The Kier molecular flexibility index (Phi) is 75.6. The van der Waals surface area contributed by atoms with E-state index in [-0.39, 0.29) is 40.8 Å². The molecule has 0 aliphatic carbocycles. The molecule has 0 spiro atoms. The molecule has 0 atom stereocenters. The molecular weight excluding hydrogens is 166 g/mol. The van der Waals surface area contributed by atoms with E-state index < -0.39 is 7.82 Å². The molecule has 0 saturated carbocycles. The third kappa shape index (κ3) is 1620. The van der Waals surface area contributed by atoms with Gasteiger partial charge >= 0.3 is 18.9 Å². The van der Waals surface area contributed by atoms with Crippen LogP contribution in [0.1, 0.15) is 0 Å². The molecule has 0 aromatic rings. The maximum absolute atomic E-state index is 8.77. The third-order valence-corrected chi connectivity index (χ3v) is 0. The van der Waals surface area contributed by atoms with Gasteiger partial charge in [0.2, 0.25) is 0 Å². The topological polar surface area (TPSA) is 207 Å². The van der Waals surface area contributed by atoms with Gasteiger partial charge in [0, 0.05) is 0 Å². The van der Waals surface area contributed by atoms with E-state index in [1.54, 1.807) is 0 Å². The summed E-state index contributed by atoms with van der Waals surface area (Å²) in [5.41, 5.74) is 0. The maximum atomic E-state index is 8.77. The van der Waals surface area contributed by atoms with Gasteiger partial charge in [-0.3, -0.25) is 4.57 Å². The minimum absolute atomic E-state index is 0. The molecule has 10 heavy (non-hydrogen) atoms. The first kappa shape index (κ1) is 46.5. The van der Waals surface area contributed by atoms with Crippen molar-refractivity contribution in [3.05, 3.63) is 0 Å². The van der Waals surface area contributed by atoms with E-state index in [1.165, 1.54) is 0 Å². The zero-order chi connectivity index (χ0) is 4.50. The van der Waals surface area contributed by atoms with Gasteiger partial charge in [-0.1, -0.05) is 0 Å². The predicted octanol–water partition coefficient (Wildman–Crippen LogP) is -7.86. The summed E-state index contributed by atoms with van der Waals surface area (Å²) in [6, 6.07) is 0. The molecule has 0 rings (SSSR count). The third-order valence-electron chi connectivity index (χ3n) is 0. The van der Waals surface area contributed by atoms with E-state index in [4.69, 9.17) is 19.2 Å². The summed E-state index contributed by atoms with van der Waals surface area (Å²) in [4.78, 5) is 22.9. The molecule has 0 saturated heterocycles. The molecule has 0 aliphatic heterocycles. The van der Waals surface area contributed by atoms with E-state index >= 15 is 0 Å². The van der Waals surface area contributed by atoms with Crippen LogP contribution in [0, 0.1) is 0 Å². The summed E-state index contributed by atoms with van der Waals surface area (Å²) in [7, 11) is -4.89. The number of hydrogen-bond acceptors (Lipinski definition) is 2. The van der Waals surface area contributed by atoms with Crippen LogP contribution in [0.3, 0.4) is 0 Å². The van der Waals surface area contributed by atoms with Crippen LogP contribution in [0.4, 0.5) is 0 Å². The van der Waals surface area contributed by atoms with Crippen molar-refractivity contribution in [1.29, 1.82) is 0 Å². The molecule has 0 heterocycles. The predicted molar refractivity (Wildman–Crippen MR) is 26.5 cm³/mol. The van der Waals surface area contributed by atoms with Crippen molar-refractivity contribution in [1.82, 2.24) is 0 Å². The van der Waals surface area contributed by atoms with Gasteiger partial charge in [0.05, 0.1) is 0 Å². The quantitative estimate of drug-likeness (QED) is 0.272. The summed E-state index contributed by atoms with van der Waals surface area (Å²) < 4.78 is 8.77. The minimum Gasteiger partial charge on any atom is -0.756 e. The van der Waals surface area contributed by atoms with Gasteiger partial charge in [-0.15, -0.1) is 0 Å². The van der Waals surface area contributed by atoms with Gasteiger partial charge in [0.1, 0.15) is 0 Å². The van der Waals surface area contributed by atoms with Crippen LogP contribution in [0.25, 0.3) is 0 Å². The van der Waals surface area contributed by atoms with Gasteiger partial charge < -0.3 is 36.6 Å². The van der Waals surface area contributed by atoms with Crippen molar-refractivity contribution in [2.75, 3.05) is 0 Å². The van der Waals surface area contributed by atoms with Gasteiger partial charge in [0.15, 0.2) is 0 Å². The van der Waals surface area contributed by atoms with E-state index in [9.17, 15) is 0 Å². The summed E-state index contributed by atoms with van der Waals surface area (Å²) in [5, 5.41) is 0. The molecule has 0 bridgehead atoms. The second-order valence-corrected chi connectivity index (χ2v) is 1.47. The molecule has 64 valence electrons. The van der Waals surface area contributed by atoms with Crippen molar-refractivity contribution < 1.29 is 60.0 Å². The van der Waals surface area contributed by atoms with Crippen molar-refractivity contribution in [2.45, 2.75) is 0 Å². The average Bonchev–Trinajstić information content (AvgIpc) is 0.722. The summed E-state index contributed by atoms with van der Waals surface area (Å²) in [6.07, 6.45) is 0. The molecule has 0 amide bonds. The average molecular weight is 176 g/mol. The van der Waals surface area contributed by atoms with E-state index in [1.807, 2.05) is 0 Å². The van der Waals surface area contributed by atoms with Gasteiger partial charge in [-0.2, -0.15) is 0 Å². The second-order valence-electron chi connectivity index (χ2n) is 0.491. The van der Waals surface area contributed by atoms with Crippen LogP contribution in [0.2, 0.25) is 0 Å². The standard InChI is InChI=1S/Li.H3O4P.4H2O/c;1-5(2,3)4;;;;/h;(H3,1,2,3,4);4*1H2/q+1;;;;;/p-1. The molecule has 10 N–H and O–H groups in total. The zero-order valence-electron chi connectivity index (χ0n) is 5.16. The molecular formula is H10LiO8P. The number of hydrogen-bond donors (Lipinski definition) is 2. The Labute approximate surface area is 68.5 Å². The fourth-order valence-corrected chi connectivity index (χ4v) is 0. The first-order valence-electron chi connectivity index (χ1n) is 0.765. The molecule has 0 aromatic heterocycles. The van der Waals surface area contributed by atoms with Gasteiger partial charge in [-0.05, 0) is 0 Å². The smallest absolute Gasteiger partial charge is 0.756 e. The summed E-state index contributed by atoms with van der Waals surface area (Å²) in [6.45, 7) is 0. The van der Waals surface area contributed by atoms with Crippen LogP contribution in [-0.4, -0.2) is 31.7 Å². The Morgan fingerprint density at radius 1 is 1.00 bits per heavy atom. The first-order valence-corrected chi connectivity index (χ1v) is 2.30. The van der Waals surface area contributed by atoms with E-state index in [0.717, 1.165) is 0 Å².